The maximum atomic E-state index is 11.5. The van der Waals surface area contributed by atoms with Crippen molar-refractivity contribution >= 4 is 23.5 Å². The molecule has 0 saturated carbocycles. The van der Waals surface area contributed by atoms with Crippen LogP contribution in [0.2, 0.25) is 5.02 Å². The molecule has 0 saturated heterocycles. The molecule has 7 heteroatoms. The predicted octanol–water partition coefficient (Wildman–Crippen LogP) is 0.124. The number of hydrogen-bond acceptors (Lipinski definition) is 5. The molecule has 0 spiro atoms. The van der Waals surface area contributed by atoms with Crippen molar-refractivity contribution in [2.24, 2.45) is 11.5 Å². The first-order valence-electron chi connectivity index (χ1n) is 5.04. The Balaban J connectivity index is 2.66. The van der Waals surface area contributed by atoms with Crippen LogP contribution in [-0.4, -0.2) is 29.1 Å². The monoisotopic (exact) mass is 272 g/mol. The molecule has 0 aliphatic carbocycles. The topological polar surface area (TPSA) is 116 Å². The number of carbonyl (C=O) groups excluding carboxylic acids is 1. The molecule has 18 heavy (non-hydrogen) atoms. The number of carboxylic acids is 1. The fraction of sp³-hybridized carbons (Fsp3) is 0.273. The first-order chi connectivity index (χ1) is 8.40. The molecule has 1 unspecified atom stereocenters. The predicted molar refractivity (Wildman–Crippen MR) is 64.9 cm³/mol. The summed E-state index contributed by atoms with van der Waals surface area (Å²) in [6.07, 6.45) is 0. The number of carboxylic acid groups (broad SMARTS) is 1. The fourth-order valence-electron chi connectivity index (χ4n) is 1.12. The van der Waals surface area contributed by atoms with Gasteiger partial charge < -0.3 is 21.3 Å². The van der Waals surface area contributed by atoms with Crippen molar-refractivity contribution in [1.82, 2.24) is 0 Å². The lowest BCUT2D eigenvalue weighted by molar-refractivity contribution is -0.161. The van der Waals surface area contributed by atoms with Crippen LogP contribution < -0.4 is 11.5 Å². The van der Waals surface area contributed by atoms with Crippen LogP contribution in [0.4, 0.5) is 0 Å². The summed E-state index contributed by atoms with van der Waals surface area (Å²) >= 11 is 5.69. The van der Waals surface area contributed by atoms with Crippen molar-refractivity contribution in [2.75, 3.05) is 6.54 Å². The Kier molecular flexibility index (Phi) is 4.66. The molecule has 0 radical (unpaired) electrons. The highest BCUT2D eigenvalue weighted by molar-refractivity contribution is 6.30. The zero-order valence-electron chi connectivity index (χ0n) is 9.43. The van der Waals surface area contributed by atoms with Crippen LogP contribution in [0.1, 0.15) is 5.56 Å². The summed E-state index contributed by atoms with van der Waals surface area (Å²) in [7, 11) is 0. The number of rotatable bonds is 5. The number of nitrogens with two attached hydrogens (primary N) is 2. The van der Waals surface area contributed by atoms with E-state index in [0.717, 1.165) is 0 Å². The van der Waals surface area contributed by atoms with Crippen LogP contribution in [0.3, 0.4) is 0 Å². The van der Waals surface area contributed by atoms with Gasteiger partial charge in [0.05, 0.1) is 0 Å². The van der Waals surface area contributed by atoms with Crippen LogP contribution >= 0.6 is 11.6 Å². The zero-order chi connectivity index (χ0) is 13.8. The highest BCUT2D eigenvalue weighted by atomic mass is 35.5. The maximum absolute atomic E-state index is 11.5. The third-order valence-electron chi connectivity index (χ3n) is 2.35. The summed E-state index contributed by atoms with van der Waals surface area (Å²) in [6.45, 7) is -0.635. The Hall–Kier alpha value is -1.63. The van der Waals surface area contributed by atoms with E-state index in [9.17, 15) is 9.59 Å². The Morgan fingerprint density at radius 1 is 1.33 bits per heavy atom. The van der Waals surface area contributed by atoms with Gasteiger partial charge in [-0.3, -0.25) is 0 Å². The molecule has 0 aliphatic rings. The maximum Gasteiger partial charge on any atom is 0.339 e. The summed E-state index contributed by atoms with van der Waals surface area (Å²) in [5.74, 6) is -2.60. The summed E-state index contributed by atoms with van der Waals surface area (Å²) < 4.78 is 4.82. The van der Waals surface area contributed by atoms with Gasteiger partial charge in [-0.2, -0.15) is 0 Å². The van der Waals surface area contributed by atoms with E-state index in [1.165, 1.54) is 0 Å². The highest BCUT2D eigenvalue weighted by Gasteiger charge is 2.42. The van der Waals surface area contributed by atoms with Crippen LogP contribution in [0.25, 0.3) is 0 Å². The number of ether oxygens (including phenoxy) is 1. The van der Waals surface area contributed by atoms with E-state index in [1.54, 1.807) is 24.3 Å². The molecule has 5 N–H and O–H groups in total. The lowest BCUT2D eigenvalue weighted by Gasteiger charge is -2.20. The number of halogens is 1. The minimum Gasteiger partial charge on any atom is -0.479 e. The van der Waals surface area contributed by atoms with Gasteiger partial charge in [-0.05, 0) is 17.7 Å². The van der Waals surface area contributed by atoms with Gasteiger partial charge in [0.2, 0.25) is 5.54 Å². The SMILES string of the molecule is NCC(N)(C(=O)O)C(=O)OCc1ccc(Cl)cc1. The molecule has 1 aromatic carbocycles. The lowest BCUT2D eigenvalue weighted by atomic mass is 10.0. The van der Waals surface area contributed by atoms with Gasteiger partial charge in [0.1, 0.15) is 6.61 Å². The lowest BCUT2D eigenvalue weighted by Crippen LogP contribution is -2.60. The molecular weight excluding hydrogens is 260 g/mol. The molecule has 6 nitrogen and oxygen atoms in total. The molecule has 0 heterocycles. The third-order valence-corrected chi connectivity index (χ3v) is 2.60. The van der Waals surface area contributed by atoms with E-state index in [-0.39, 0.29) is 6.61 Å². The normalized spacial score (nSPS) is 13.7. The molecule has 1 aromatic rings. The standard InChI is InChI=1S/C11H13ClN2O4/c12-8-3-1-7(2-4-8)5-18-10(17)11(14,6-13)9(15)16/h1-4H,5-6,13-14H2,(H,15,16). The Bertz CT molecular complexity index is 449. The van der Waals surface area contributed by atoms with Crippen molar-refractivity contribution in [1.29, 1.82) is 0 Å². The van der Waals surface area contributed by atoms with Crippen LogP contribution in [0.5, 0.6) is 0 Å². The Morgan fingerprint density at radius 3 is 2.33 bits per heavy atom. The largest absolute Gasteiger partial charge is 0.479 e. The Labute approximate surface area is 108 Å². The van der Waals surface area contributed by atoms with Gasteiger partial charge in [-0.1, -0.05) is 23.7 Å². The molecule has 0 bridgehead atoms. The van der Waals surface area contributed by atoms with E-state index >= 15 is 0 Å². The van der Waals surface area contributed by atoms with Crippen molar-refractivity contribution in [3.05, 3.63) is 34.9 Å². The summed E-state index contributed by atoms with van der Waals surface area (Å²) in [5.41, 5.74) is 8.97. The summed E-state index contributed by atoms with van der Waals surface area (Å²) in [4.78, 5) is 22.4. The van der Waals surface area contributed by atoms with Crippen LogP contribution in [-0.2, 0) is 20.9 Å². The Morgan fingerprint density at radius 2 is 1.89 bits per heavy atom. The second-order valence-corrected chi connectivity index (χ2v) is 4.12. The first kappa shape index (κ1) is 14.4. The van der Waals surface area contributed by atoms with Crippen molar-refractivity contribution < 1.29 is 19.4 Å². The molecule has 0 fully saturated rings. The minimum absolute atomic E-state index is 0.0950. The molecule has 0 amide bonds. The molecule has 0 aliphatic heterocycles. The van der Waals surface area contributed by atoms with E-state index in [1.807, 2.05) is 0 Å². The second-order valence-electron chi connectivity index (χ2n) is 3.68. The zero-order valence-corrected chi connectivity index (χ0v) is 10.2. The number of benzene rings is 1. The average molecular weight is 273 g/mol. The van der Waals surface area contributed by atoms with Crippen LogP contribution in [0.15, 0.2) is 24.3 Å². The first-order valence-corrected chi connectivity index (χ1v) is 5.42. The van der Waals surface area contributed by atoms with Gasteiger partial charge in [0.15, 0.2) is 0 Å². The summed E-state index contributed by atoms with van der Waals surface area (Å²) in [6, 6.07) is 6.55. The highest BCUT2D eigenvalue weighted by Crippen LogP contribution is 2.11. The second kappa shape index (κ2) is 5.81. The molecule has 1 atom stereocenters. The number of hydrogen-bond donors (Lipinski definition) is 3. The fourth-order valence-corrected chi connectivity index (χ4v) is 1.24. The average Bonchev–Trinajstić information content (AvgIpc) is 2.36. The number of esters is 1. The van der Waals surface area contributed by atoms with Crippen LogP contribution in [0, 0.1) is 0 Å². The van der Waals surface area contributed by atoms with Gasteiger partial charge in [-0.25, -0.2) is 9.59 Å². The number of carbonyl (C=O) groups is 2. The number of aliphatic carboxylic acids is 1. The molecular formula is C11H13ClN2O4. The van der Waals surface area contributed by atoms with E-state index in [4.69, 9.17) is 32.9 Å². The van der Waals surface area contributed by atoms with E-state index < -0.39 is 24.0 Å². The van der Waals surface area contributed by atoms with Gasteiger partial charge >= 0.3 is 11.9 Å². The van der Waals surface area contributed by atoms with Crippen molar-refractivity contribution in [3.63, 3.8) is 0 Å². The smallest absolute Gasteiger partial charge is 0.339 e. The van der Waals surface area contributed by atoms with E-state index in [2.05, 4.69) is 0 Å². The van der Waals surface area contributed by atoms with E-state index in [0.29, 0.717) is 10.6 Å². The molecule has 1 rings (SSSR count). The summed E-state index contributed by atoms with van der Waals surface area (Å²) in [5, 5.41) is 9.36. The quantitative estimate of drug-likeness (QED) is 0.518. The van der Waals surface area contributed by atoms with Crippen molar-refractivity contribution in [2.45, 2.75) is 12.1 Å². The third kappa shape index (κ3) is 3.19. The van der Waals surface area contributed by atoms with Gasteiger partial charge in [0.25, 0.3) is 0 Å². The minimum atomic E-state index is -2.22. The van der Waals surface area contributed by atoms with Crippen molar-refractivity contribution in [3.8, 4) is 0 Å². The molecule has 0 aromatic heterocycles. The van der Waals surface area contributed by atoms with Gasteiger partial charge in [-0.15, -0.1) is 0 Å². The van der Waals surface area contributed by atoms with Gasteiger partial charge in [0, 0.05) is 11.6 Å². The molecule has 98 valence electrons.